The summed E-state index contributed by atoms with van der Waals surface area (Å²) in [7, 11) is 1.26. The molecule has 0 saturated heterocycles. The third-order valence-electron chi connectivity index (χ3n) is 3.34. The van der Waals surface area contributed by atoms with E-state index in [4.69, 9.17) is 9.47 Å². The van der Waals surface area contributed by atoms with Crippen LogP contribution < -0.4 is 9.47 Å². The van der Waals surface area contributed by atoms with Crippen molar-refractivity contribution in [2.24, 2.45) is 0 Å². The summed E-state index contributed by atoms with van der Waals surface area (Å²) in [6.07, 6.45) is 0. The molecule has 140 valence electrons. The highest BCUT2D eigenvalue weighted by molar-refractivity contribution is 5.92. The molecular weight excluding hydrogens is 336 g/mol. The van der Waals surface area contributed by atoms with Crippen LogP contribution in [0.2, 0.25) is 0 Å². The van der Waals surface area contributed by atoms with E-state index in [0.29, 0.717) is 0 Å². The summed E-state index contributed by atoms with van der Waals surface area (Å²) in [5.41, 5.74) is 0.0620. The molecule has 25 heavy (non-hydrogen) atoms. The molecule has 8 heteroatoms. The predicted octanol–water partition coefficient (Wildman–Crippen LogP) is 3.10. The van der Waals surface area contributed by atoms with Gasteiger partial charge in [0, 0.05) is 12.1 Å². The normalized spacial score (nSPS) is 11.0. The van der Waals surface area contributed by atoms with Crippen LogP contribution in [0.25, 0.3) is 0 Å². The third kappa shape index (κ3) is 5.88. The van der Waals surface area contributed by atoms with Gasteiger partial charge in [0.1, 0.15) is 0 Å². The first-order valence-corrected chi connectivity index (χ1v) is 7.78. The highest BCUT2D eigenvalue weighted by atomic mass is 19.3. The zero-order chi connectivity index (χ0) is 19.1. The van der Waals surface area contributed by atoms with E-state index in [1.165, 1.54) is 25.3 Å². The number of methoxy groups -OCH3 is 1. The van der Waals surface area contributed by atoms with Gasteiger partial charge in [0.2, 0.25) is 0 Å². The fourth-order valence-electron chi connectivity index (χ4n) is 2.45. The van der Waals surface area contributed by atoms with Crippen molar-refractivity contribution in [2.75, 3.05) is 13.7 Å². The molecule has 0 fully saturated rings. The minimum absolute atomic E-state index is 0.0305. The lowest BCUT2D eigenvalue weighted by Gasteiger charge is -2.30. The van der Waals surface area contributed by atoms with Gasteiger partial charge in [-0.15, -0.1) is 0 Å². The quantitative estimate of drug-likeness (QED) is 0.668. The molecule has 6 nitrogen and oxygen atoms in total. The van der Waals surface area contributed by atoms with Crippen molar-refractivity contribution in [1.82, 2.24) is 4.90 Å². The molecule has 1 amide bonds. The first-order chi connectivity index (χ1) is 11.7. The minimum atomic E-state index is -3.01. The molecule has 0 bridgehead atoms. The topological polar surface area (TPSA) is 65.1 Å². The molecule has 0 aliphatic heterocycles. The molecule has 0 saturated carbocycles. The zero-order valence-electron chi connectivity index (χ0n) is 14.9. The van der Waals surface area contributed by atoms with Crippen molar-refractivity contribution < 1.29 is 32.6 Å². The number of esters is 1. The minimum Gasteiger partial charge on any atom is -0.493 e. The Balaban J connectivity index is 2.79. The average Bonchev–Trinajstić information content (AvgIpc) is 2.51. The van der Waals surface area contributed by atoms with Crippen LogP contribution in [-0.4, -0.2) is 49.2 Å². The number of nitrogens with zero attached hydrogens (tertiary/aromatic N) is 1. The number of ether oxygens (including phenoxy) is 3. The van der Waals surface area contributed by atoms with Crippen LogP contribution in [0.1, 0.15) is 38.1 Å². The van der Waals surface area contributed by atoms with Gasteiger partial charge >= 0.3 is 12.6 Å². The summed E-state index contributed by atoms with van der Waals surface area (Å²) in [5, 5.41) is 0. The van der Waals surface area contributed by atoms with Crippen LogP contribution in [0, 0.1) is 0 Å². The fourth-order valence-corrected chi connectivity index (χ4v) is 2.45. The van der Waals surface area contributed by atoms with E-state index in [1.807, 2.05) is 27.7 Å². The van der Waals surface area contributed by atoms with Gasteiger partial charge in [0.25, 0.3) is 5.91 Å². The highest BCUT2D eigenvalue weighted by Gasteiger charge is 2.22. The molecule has 1 aromatic rings. The van der Waals surface area contributed by atoms with Crippen molar-refractivity contribution in [2.45, 2.75) is 46.4 Å². The van der Waals surface area contributed by atoms with Crippen molar-refractivity contribution >= 4 is 11.9 Å². The molecule has 0 radical (unpaired) electrons. The van der Waals surface area contributed by atoms with Gasteiger partial charge in [-0.25, -0.2) is 4.79 Å². The van der Waals surface area contributed by atoms with Crippen molar-refractivity contribution in [3.63, 3.8) is 0 Å². The lowest BCUT2D eigenvalue weighted by Crippen LogP contribution is -2.44. The standard InChI is InChI=1S/C17H23F2NO5/c1-10(2)20(11(3)4)15(21)9-24-16(22)12-6-7-13(25-17(18)19)14(8-12)23-5/h6-8,10-11,17H,9H2,1-5H3. The van der Waals surface area contributed by atoms with Crippen LogP contribution in [0.5, 0.6) is 11.5 Å². The largest absolute Gasteiger partial charge is 0.493 e. The molecule has 0 heterocycles. The second kappa shape index (κ2) is 9.19. The average molecular weight is 359 g/mol. The Hall–Kier alpha value is -2.38. The molecule has 0 spiro atoms. The second-order valence-electron chi connectivity index (χ2n) is 5.81. The number of hydrogen-bond acceptors (Lipinski definition) is 5. The molecule has 0 aliphatic rings. The summed E-state index contributed by atoms with van der Waals surface area (Å²) >= 11 is 0. The Morgan fingerprint density at radius 2 is 1.68 bits per heavy atom. The zero-order valence-corrected chi connectivity index (χ0v) is 14.9. The maximum Gasteiger partial charge on any atom is 0.387 e. The van der Waals surface area contributed by atoms with Crippen LogP contribution in [0.4, 0.5) is 8.78 Å². The van der Waals surface area contributed by atoms with E-state index in [1.54, 1.807) is 4.90 Å². The summed E-state index contributed by atoms with van der Waals surface area (Å²) < 4.78 is 38.8. The molecule has 0 aliphatic carbocycles. The monoisotopic (exact) mass is 359 g/mol. The third-order valence-corrected chi connectivity index (χ3v) is 3.34. The van der Waals surface area contributed by atoms with Gasteiger partial charge in [-0.2, -0.15) is 8.78 Å². The van der Waals surface area contributed by atoms with Gasteiger partial charge in [-0.05, 0) is 45.9 Å². The smallest absolute Gasteiger partial charge is 0.387 e. The molecule has 0 atom stereocenters. The number of alkyl halides is 2. The van der Waals surface area contributed by atoms with E-state index in [2.05, 4.69) is 4.74 Å². The number of carbonyl (C=O) groups excluding carboxylic acids is 2. The molecule has 1 aromatic carbocycles. The number of halogens is 2. The predicted molar refractivity (Wildman–Crippen MR) is 87.0 cm³/mol. The number of rotatable bonds is 8. The highest BCUT2D eigenvalue weighted by Crippen LogP contribution is 2.29. The van der Waals surface area contributed by atoms with E-state index < -0.39 is 19.2 Å². The Morgan fingerprint density at radius 1 is 1.08 bits per heavy atom. The van der Waals surface area contributed by atoms with Gasteiger partial charge in [0.15, 0.2) is 18.1 Å². The maximum absolute atomic E-state index is 12.3. The van der Waals surface area contributed by atoms with Crippen LogP contribution in [0.15, 0.2) is 18.2 Å². The lowest BCUT2D eigenvalue weighted by molar-refractivity contribution is -0.138. The van der Waals surface area contributed by atoms with E-state index >= 15 is 0 Å². The van der Waals surface area contributed by atoms with Gasteiger partial charge in [-0.1, -0.05) is 0 Å². The molecule has 0 unspecified atom stereocenters. The number of amides is 1. The summed E-state index contributed by atoms with van der Waals surface area (Å²) in [6.45, 7) is 4.05. The van der Waals surface area contributed by atoms with E-state index in [-0.39, 0.29) is 35.1 Å². The van der Waals surface area contributed by atoms with Crippen molar-refractivity contribution in [3.05, 3.63) is 23.8 Å². The Kier molecular flexibility index (Phi) is 7.60. The van der Waals surface area contributed by atoms with Gasteiger partial charge in [-0.3, -0.25) is 4.79 Å². The Bertz CT molecular complexity index is 597. The second-order valence-corrected chi connectivity index (χ2v) is 5.81. The molecule has 0 aromatic heterocycles. The Morgan fingerprint density at radius 3 is 2.16 bits per heavy atom. The van der Waals surface area contributed by atoms with E-state index in [9.17, 15) is 18.4 Å². The molecule has 1 rings (SSSR count). The summed E-state index contributed by atoms with van der Waals surface area (Å²) in [5.74, 6) is -1.31. The van der Waals surface area contributed by atoms with Crippen molar-refractivity contribution in [1.29, 1.82) is 0 Å². The van der Waals surface area contributed by atoms with Crippen molar-refractivity contribution in [3.8, 4) is 11.5 Å². The van der Waals surface area contributed by atoms with Gasteiger partial charge < -0.3 is 19.1 Å². The molecule has 0 N–H and O–H groups in total. The van der Waals surface area contributed by atoms with Crippen LogP contribution >= 0.6 is 0 Å². The number of benzene rings is 1. The first-order valence-electron chi connectivity index (χ1n) is 7.78. The lowest BCUT2D eigenvalue weighted by atomic mass is 10.2. The first kappa shape index (κ1) is 20.7. The molecular formula is C17H23F2NO5. The summed E-state index contributed by atoms with van der Waals surface area (Å²) in [6, 6.07) is 3.59. The fraction of sp³-hybridized carbons (Fsp3) is 0.529. The number of carbonyl (C=O) groups is 2. The number of hydrogen-bond donors (Lipinski definition) is 0. The SMILES string of the molecule is COc1cc(C(=O)OCC(=O)N(C(C)C)C(C)C)ccc1OC(F)F. The van der Waals surface area contributed by atoms with E-state index in [0.717, 1.165) is 0 Å². The van der Waals surface area contributed by atoms with Crippen LogP contribution in [-0.2, 0) is 9.53 Å². The maximum atomic E-state index is 12.3. The summed E-state index contributed by atoms with van der Waals surface area (Å²) in [4.78, 5) is 25.9. The van der Waals surface area contributed by atoms with Gasteiger partial charge in [0.05, 0.1) is 12.7 Å². The van der Waals surface area contributed by atoms with Crippen LogP contribution in [0.3, 0.4) is 0 Å². The Labute approximate surface area is 145 Å².